The van der Waals surface area contributed by atoms with Crippen LogP contribution in [0.25, 0.3) is 0 Å². The van der Waals surface area contributed by atoms with Crippen LogP contribution in [0.15, 0.2) is 24.3 Å². The zero-order chi connectivity index (χ0) is 13.6. The largest absolute Gasteiger partial charge is 0.497 e. The first-order valence-corrected chi connectivity index (χ1v) is 6.31. The molecule has 2 aliphatic heterocycles. The zero-order valence-electron chi connectivity index (χ0n) is 10.8. The van der Waals surface area contributed by atoms with Gasteiger partial charge in [-0.3, -0.25) is 14.5 Å². The predicted octanol–water partition coefficient (Wildman–Crippen LogP) is 0.671. The molecule has 100 valence electrons. The third-order valence-corrected chi connectivity index (χ3v) is 4.01. The Morgan fingerprint density at radius 3 is 2.53 bits per heavy atom. The number of hydrogen-bond donors (Lipinski definition) is 1. The summed E-state index contributed by atoms with van der Waals surface area (Å²) in [4.78, 5) is 25.5. The number of imide groups is 1. The first kappa shape index (κ1) is 12.2. The van der Waals surface area contributed by atoms with Gasteiger partial charge in [0.25, 0.3) is 0 Å². The fraction of sp³-hybridized carbons (Fsp3) is 0.429. The van der Waals surface area contributed by atoms with Crippen LogP contribution in [-0.2, 0) is 16.1 Å². The van der Waals surface area contributed by atoms with Crippen molar-refractivity contribution in [3.05, 3.63) is 29.8 Å². The molecule has 1 saturated carbocycles. The lowest BCUT2D eigenvalue weighted by Gasteiger charge is -2.51. The van der Waals surface area contributed by atoms with Crippen molar-refractivity contribution in [3.8, 4) is 5.75 Å². The number of hydrogen-bond acceptors (Lipinski definition) is 4. The summed E-state index contributed by atoms with van der Waals surface area (Å²) >= 11 is 0. The molecule has 0 unspecified atom stereocenters. The molecule has 5 nitrogen and oxygen atoms in total. The number of carbonyl (C=O) groups excluding carboxylic acids is 2. The van der Waals surface area contributed by atoms with Gasteiger partial charge >= 0.3 is 0 Å². The molecule has 0 radical (unpaired) electrons. The normalized spacial score (nSPS) is 29.2. The van der Waals surface area contributed by atoms with E-state index in [9.17, 15) is 9.59 Å². The van der Waals surface area contributed by atoms with Crippen LogP contribution < -0.4 is 10.5 Å². The molecule has 0 aromatic heterocycles. The topological polar surface area (TPSA) is 72.6 Å². The van der Waals surface area contributed by atoms with E-state index in [1.807, 2.05) is 24.3 Å². The van der Waals surface area contributed by atoms with Gasteiger partial charge in [-0.25, -0.2) is 0 Å². The van der Waals surface area contributed by atoms with Gasteiger partial charge in [0.15, 0.2) is 0 Å². The molecule has 3 fully saturated rings. The summed E-state index contributed by atoms with van der Waals surface area (Å²) in [7, 11) is 1.60. The summed E-state index contributed by atoms with van der Waals surface area (Å²) in [6.45, 7) is 0.289. The maximum atomic E-state index is 12.2. The molecule has 0 spiro atoms. The van der Waals surface area contributed by atoms with Gasteiger partial charge in [-0.2, -0.15) is 0 Å². The zero-order valence-corrected chi connectivity index (χ0v) is 10.8. The van der Waals surface area contributed by atoms with Crippen molar-refractivity contribution in [3.63, 3.8) is 0 Å². The number of fused-ring (bicyclic) bond motifs is 2. The summed E-state index contributed by atoms with van der Waals surface area (Å²) in [6, 6.07) is 7.33. The molecule has 2 heterocycles. The molecule has 2 N–H and O–H groups in total. The van der Waals surface area contributed by atoms with Crippen LogP contribution >= 0.6 is 0 Å². The minimum Gasteiger partial charge on any atom is -0.497 e. The van der Waals surface area contributed by atoms with E-state index in [0.29, 0.717) is 12.8 Å². The van der Waals surface area contributed by atoms with E-state index >= 15 is 0 Å². The van der Waals surface area contributed by atoms with Gasteiger partial charge in [0.2, 0.25) is 11.8 Å². The van der Waals surface area contributed by atoms with E-state index in [0.717, 1.165) is 11.3 Å². The Morgan fingerprint density at radius 1 is 1.32 bits per heavy atom. The number of benzene rings is 1. The van der Waals surface area contributed by atoms with E-state index in [1.54, 1.807) is 7.11 Å². The molecule has 19 heavy (non-hydrogen) atoms. The molecule has 4 rings (SSSR count). The van der Waals surface area contributed by atoms with Gasteiger partial charge in [-0.15, -0.1) is 0 Å². The monoisotopic (exact) mass is 260 g/mol. The highest BCUT2D eigenvalue weighted by Gasteiger charge is 2.58. The Morgan fingerprint density at radius 2 is 1.95 bits per heavy atom. The first-order valence-electron chi connectivity index (χ1n) is 6.31. The molecule has 2 amide bonds. The maximum absolute atomic E-state index is 12.2. The molecule has 5 heteroatoms. The van der Waals surface area contributed by atoms with Gasteiger partial charge in [-0.05, 0) is 30.5 Å². The Kier molecular flexibility index (Phi) is 2.60. The highest BCUT2D eigenvalue weighted by atomic mass is 16.5. The minimum absolute atomic E-state index is 0.0686. The number of ether oxygens (including phenoxy) is 1. The molecule has 2 bridgehead atoms. The summed E-state index contributed by atoms with van der Waals surface area (Å²) in [5, 5.41) is 0. The molecule has 1 aliphatic carbocycles. The van der Waals surface area contributed by atoms with Crippen molar-refractivity contribution in [1.29, 1.82) is 0 Å². The number of carbonyl (C=O) groups is 2. The molecule has 1 aromatic rings. The van der Waals surface area contributed by atoms with E-state index in [4.69, 9.17) is 10.5 Å². The van der Waals surface area contributed by atoms with Crippen LogP contribution in [0, 0.1) is 5.92 Å². The van der Waals surface area contributed by atoms with Crippen LogP contribution in [0.3, 0.4) is 0 Å². The van der Waals surface area contributed by atoms with Gasteiger partial charge in [-0.1, -0.05) is 12.1 Å². The van der Waals surface area contributed by atoms with E-state index < -0.39 is 5.54 Å². The van der Waals surface area contributed by atoms with Crippen LogP contribution in [0.5, 0.6) is 5.75 Å². The Labute approximate surface area is 111 Å². The molecule has 3 aliphatic rings. The SMILES string of the molecule is COc1ccc(CN2C(=O)C3CC(N)(C3)C2=O)cc1. The molecular weight excluding hydrogens is 244 g/mol. The van der Waals surface area contributed by atoms with Gasteiger partial charge in [0.1, 0.15) is 5.75 Å². The minimum atomic E-state index is -0.801. The predicted molar refractivity (Wildman–Crippen MR) is 68.2 cm³/mol. The van der Waals surface area contributed by atoms with Crippen molar-refractivity contribution < 1.29 is 14.3 Å². The first-order chi connectivity index (χ1) is 9.03. The lowest BCUT2D eigenvalue weighted by Crippen LogP contribution is -2.71. The standard InChI is InChI=1S/C14H16N2O3/c1-19-11-4-2-9(3-5-11)8-16-12(17)10-6-14(15,7-10)13(16)18/h2-5,10H,6-8,15H2,1H3. The molecule has 0 atom stereocenters. The summed E-state index contributed by atoms with van der Waals surface area (Å²) in [6.07, 6.45) is 1.01. The third-order valence-electron chi connectivity index (χ3n) is 4.01. The average molecular weight is 260 g/mol. The second kappa shape index (κ2) is 4.06. The van der Waals surface area contributed by atoms with Crippen LogP contribution in [0.2, 0.25) is 0 Å². The maximum Gasteiger partial charge on any atom is 0.249 e. The number of methoxy groups -OCH3 is 1. The lowest BCUT2D eigenvalue weighted by molar-refractivity contribution is -0.168. The van der Waals surface area contributed by atoms with Crippen LogP contribution in [-0.4, -0.2) is 29.4 Å². The molecule has 2 saturated heterocycles. The Hall–Kier alpha value is -1.88. The van der Waals surface area contributed by atoms with Crippen molar-refractivity contribution in [2.24, 2.45) is 11.7 Å². The van der Waals surface area contributed by atoms with Crippen LogP contribution in [0.4, 0.5) is 0 Å². The number of rotatable bonds is 3. The third kappa shape index (κ3) is 1.81. The van der Waals surface area contributed by atoms with Gasteiger partial charge in [0, 0.05) is 5.92 Å². The van der Waals surface area contributed by atoms with Crippen LogP contribution in [0.1, 0.15) is 18.4 Å². The smallest absolute Gasteiger partial charge is 0.249 e. The van der Waals surface area contributed by atoms with Crippen molar-refractivity contribution in [2.75, 3.05) is 7.11 Å². The summed E-state index contributed by atoms with van der Waals surface area (Å²) in [5.41, 5.74) is 6.07. The van der Waals surface area contributed by atoms with E-state index in [1.165, 1.54) is 4.90 Å². The fourth-order valence-corrected chi connectivity index (χ4v) is 2.82. The highest BCUT2D eigenvalue weighted by molar-refractivity contribution is 6.06. The lowest BCUT2D eigenvalue weighted by atomic mass is 9.64. The number of piperidine rings is 2. The molecular formula is C14H16N2O3. The van der Waals surface area contributed by atoms with Crippen molar-refractivity contribution in [2.45, 2.75) is 24.9 Å². The van der Waals surface area contributed by atoms with Crippen molar-refractivity contribution >= 4 is 11.8 Å². The fourth-order valence-electron chi connectivity index (χ4n) is 2.82. The second-order valence-corrected chi connectivity index (χ2v) is 5.34. The quantitative estimate of drug-likeness (QED) is 0.811. The number of nitrogens with two attached hydrogens (primary N) is 1. The number of amides is 2. The second-order valence-electron chi connectivity index (χ2n) is 5.34. The summed E-state index contributed by atoms with van der Waals surface area (Å²) < 4.78 is 5.07. The highest BCUT2D eigenvalue weighted by Crippen LogP contribution is 2.43. The van der Waals surface area contributed by atoms with E-state index in [-0.39, 0.29) is 24.3 Å². The molecule has 1 aromatic carbocycles. The van der Waals surface area contributed by atoms with Gasteiger partial charge < -0.3 is 10.5 Å². The Balaban J connectivity index is 1.78. The van der Waals surface area contributed by atoms with E-state index in [2.05, 4.69) is 0 Å². The summed E-state index contributed by atoms with van der Waals surface area (Å²) in [5.74, 6) is 0.350. The number of nitrogens with zero attached hydrogens (tertiary/aromatic N) is 1. The Bertz CT molecular complexity index is 532. The van der Waals surface area contributed by atoms with Crippen molar-refractivity contribution in [1.82, 2.24) is 4.90 Å². The average Bonchev–Trinajstić information content (AvgIpc) is 2.38. The van der Waals surface area contributed by atoms with Gasteiger partial charge in [0.05, 0.1) is 19.2 Å².